The van der Waals surface area contributed by atoms with Crippen molar-refractivity contribution in [2.24, 2.45) is 0 Å². The largest absolute Gasteiger partial charge is 0.385 e. The Morgan fingerprint density at radius 1 is 1.30 bits per heavy atom. The SMILES string of the molecule is CS(=O)(=O)NCCNS(=O)(=O)c1cc([N+](=O)[O-])c(N)s1. The van der Waals surface area contributed by atoms with Crippen LogP contribution < -0.4 is 15.2 Å². The minimum atomic E-state index is -3.96. The van der Waals surface area contributed by atoms with Gasteiger partial charge in [-0.05, 0) is 0 Å². The Morgan fingerprint density at radius 3 is 2.30 bits per heavy atom. The third kappa shape index (κ3) is 4.68. The lowest BCUT2D eigenvalue weighted by Crippen LogP contribution is -2.33. The lowest BCUT2D eigenvalue weighted by molar-refractivity contribution is -0.383. The first-order valence-electron chi connectivity index (χ1n) is 5.01. The lowest BCUT2D eigenvalue weighted by atomic mass is 10.5. The maximum absolute atomic E-state index is 11.8. The number of thiophene rings is 1. The fourth-order valence-corrected chi connectivity index (χ4v) is 3.90. The summed E-state index contributed by atoms with van der Waals surface area (Å²) in [5, 5.41) is 10.4. The number of rotatable bonds is 7. The van der Waals surface area contributed by atoms with E-state index < -0.39 is 30.7 Å². The van der Waals surface area contributed by atoms with Crippen molar-refractivity contribution in [1.82, 2.24) is 9.44 Å². The first kappa shape index (κ1) is 16.8. The zero-order valence-electron chi connectivity index (χ0n) is 10.2. The highest BCUT2D eigenvalue weighted by Crippen LogP contribution is 2.34. The molecule has 0 saturated heterocycles. The van der Waals surface area contributed by atoms with Gasteiger partial charge in [0.25, 0.3) is 0 Å². The molecule has 13 heteroatoms. The van der Waals surface area contributed by atoms with Crippen LogP contribution in [0.5, 0.6) is 0 Å². The van der Waals surface area contributed by atoms with E-state index >= 15 is 0 Å². The van der Waals surface area contributed by atoms with Crippen molar-refractivity contribution in [2.45, 2.75) is 4.21 Å². The Morgan fingerprint density at radius 2 is 1.85 bits per heavy atom. The standard InChI is InChI=1S/C7H12N4O6S3/c1-19(14,15)9-2-3-10-20(16,17)6-4-5(11(12)13)7(8)18-6/h4,9-10H,2-3,8H2,1H3. The monoisotopic (exact) mass is 344 g/mol. The van der Waals surface area contributed by atoms with Crippen LogP contribution in [0, 0.1) is 10.1 Å². The maximum atomic E-state index is 11.8. The van der Waals surface area contributed by atoms with E-state index in [0.29, 0.717) is 11.3 Å². The molecule has 0 radical (unpaired) electrons. The second kappa shape index (κ2) is 6.01. The molecule has 0 unspecified atom stereocenters. The Labute approximate surface area is 119 Å². The predicted molar refractivity (Wildman–Crippen MR) is 73.4 cm³/mol. The highest BCUT2D eigenvalue weighted by atomic mass is 32.2. The van der Waals surface area contributed by atoms with Crippen LogP contribution >= 0.6 is 11.3 Å². The van der Waals surface area contributed by atoms with Gasteiger partial charge in [0, 0.05) is 19.2 Å². The molecule has 4 N–H and O–H groups in total. The molecule has 1 rings (SSSR count). The van der Waals surface area contributed by atoms with Gasteiger partial charge in [0.2, 0.25) is 20.0 Å². The molecule has 114 valence electrons. The van der Waals surface area contributed by atoms with Crippen LogP contribution in [-0.2, 0) is 20.0 Å². The van der Waals surface area contributed by atoms with Crippen LogP contribution in [0.25, 0.3) is 0 Å². The van der Waals surface area contributed by atoms with E-state index in [0.717, 1.165) is 12.3 Å². The maximum Gasteiger partial charge on any atom is 0.304 e. The molecule has 0 saturated carbocycles. The quantitative estimate of drug-likeness (QED) is 0.327. The van der Waals surface area contributed by atoms with Crippen LogP contribution in [-0.4, -0.2) is 41.1 Å². The smallest absolute Gasteiger partial charge is 0.304 e. The average Bonchev–Trinajstić information content (AvgIpc) is 2.66. The van der Waals surface area contributed by atoms with Crippen molar-refractivity contribution in [3.8, 4) is 0 Å². The molecule has 1 heterocycles. The molecule has 10 nitrogen and oxygen atoms in total. The predicted octanol–water partition coefficient (Wildman–Crippen LogP) is -0.934. The van der Waals surface area contributed by atoms with Gasteiger partial charge in [-0.1, -0.05) is 11.3 Å². The van der Waals surface area contributed by atoms with Gasteiger partial charge >= 0.3 is 5.69 Å². The van der Waals surface area contributed by atoms with E-state index in [2.05, 4.69) is 9.44 Å². The lowest BCUT2D eigenvalue weighted by Gasteiger charge is -2.04. The van der Waals surface area contributed by atoms with E-state index in [9.17, 15) is 26.9 Å². The molecule has 1 aromatic heterocycles. The summed E-state index contributed by atoms with van der Waals surface area (Å²) < 4.78 is 49.0. The van der Waals surface area contributed by atoms with Gasteiger partial charge < -0.3 is 5.73 Å². The number of nitrogens with zero attached hydrogens (tertiary/aromatic N) is 1. The molecule has 0 bridgehead atoms. The highest BCUT2D eigenvalue weighted by Gasteiger charge is 2.24. The number of anilines is 1. The third-order valence-electron chi connectivity index (χ3n) is 1.96. The molecule has 20 heavy (non-hydrogen) atoms. The van der Waals surface area contributed by atoms with E-state index in [4.69, 9.17) is 5.73 Å². The summed E-state index contributed by atoms with van der Waals surface area (Å²) in [7, 11) is -7.38. The molecule has 0 aromatic carbocycles. The summed E-state index contributed by atoms with van der Waals surface area (Å²) >= 11 is 0.560. The van der Waals surface area contributed by atoms with Crippen LogP contribution in [0.4, 0.5) is 10.7 Å². The van der Waals surface area contributed by atoms with Crippen LogP contribution in [0.15, 0.2) is 10.3 Å². The van der Waals surface area contributed by atoms with E-state index in [-0.39, 0.29) is 22.3 Å². The zero-order chi connectivity index (χ0) is 15.6. The molecule has 0 fully saturated rings. The first-order chi connectivity index (χ1) is 9.03. The van der Waals surface area contributed by atoms with Crippen molar-refractivity contribution in [2.75, 3.05) is 25.1 Å². The summed E-state index contributed by atoms with van der Waals surface area (Å²) in [6.07, 6.45) is 0.935. The van der Waals surface area contributed by atoms with Gasteiger partial charge in [-0.25, -0.2) is 26.3 Å². The minimum absolute atomic E-state index is 0.138. The van der Waals surface area contributed by atoms with Gasteiger partial charge in [0.15, 0.2) is 5.00 Å². The molecule has 0 amide bonds. The van der Waals surface area contributed by atoms with E-state index in [1.165, 1.54) is 0 Å². The fraction of sp³-hybridized carbons (Fsp3) is 0.429. The second-order valence-electron chi connectivity index (χ2n) is 3.64. The van der Waals surface area contributed by atoms with Crippen LogP contribution in [0.1, 0.15) is 0 Å². The number of hydrogen-bond donors (Lipinski definition) is 3. The molecule has 0 aliphatic rings. The number of nitro groups is 1. The topological polar surface area (TPSA) is 162 Å². The van der Waals surface area contributed by atoms with Crippen molar-refractivity contribution >= 4 is 42.1 Å². The van der Waals surface area contributed by atoms with Crippen LogP contribution in [0.2, 0.25) is 0 Å². The highest BCUT2D eigenvalue weighted by molar-refractivity contribution is 7.91. The summed E-state index contributed by atoms with van der Waals surface area (Å²) in [5.74, 6) is 0. The zero-order valence-corrected chi connectivity index (χ0v) is 12.6. The number of nitrogens with one attached hydrogen (secondary N) is 2. The normalized spacial score (nSPS) is 12.4. The van der Waals surface area contributed by atoms with Gasteiger partial charge in [-0.2, -0.15) is 0 Å². The molecule has 0 spiro atoms. The third-order valence-corrected chi connectivity index (χ3v) is 5.58. The second-order valence-corrected chi connectivity index (χ2v) is 8.55. The molecular formula is C7H12N4O6S3. The molecule has 1 aromatic rings. The fourth-order valence-electron chi connectivity index (χ4n) is 1.14. The van der Waals surface area contributed by atoms with Crippen molar-refractivity contribution in [3.63, 3.8) is 0 Å². The summed E-state index contributed by atoms with van der Waals surface area (Å²) in [6.45, 7) is -0.331. The average molecular weight is 344 g/mol. The van der Waals surface area contributed by atoms with Gasteiger partial charge in [-0.3, -0.25) is 10.1 Å². The van der Waals surface area contributed by atoms with Crippen LogP contribution in [0.3, 0.4) is 0 Å². The Balaban J connectivity index is 2.75. The van der Waals surface area contributed by atoms with E-state index in [1.807, 2.05) is 0 Å². The first-order valence-corrected chi connectivity index (χ1v) is 9.20. The number of sulfonamides is 2. The molecular weight excluding hydrogens is 332 g/mol. The summed E-state index contributed by atoms with van der Waals surface area (Å²) in [5.41, 5.74) is 4.86. The molecule has 0 aliphatic heterocycles. The Bertz CT molecular complexity index is 707. The minimum Gasteiger partial charge on any atom is -0.385 e. The van der Waals surface area contributed by atoms with Gasteiger partial charge in [0.05, 0.1) is 11.2 Å². The van der Waals surface area contributed by atoms with Gasteiger partial charge in [0.1, 0.15) is 4.21 Å². The van der Waals surface area contributed by atoms with Crippen molar-refractivity contribution in [1.29, 1.82) is 0 Å². The Kier molecular flexibility index (Phi) is 5.04. The van der Waals surface area contributed by atoms with Crippen molar-refractivity contribution in [3.05, 3.63) is 16.2 Å². The number of nitrogens with two attached hydrogens (primary N) is 1. The molecule has 0 atom stereocenters. The molecule has 0 aliphatic carbocycles. The summed E-state index contributed by atoms with van der Waals surface area (Å²) in [4.78, 5) is 9.79. The Hall–Kier alpha value is -1.28. The number of hydrogen-bond acceptors (Lipinski definition) is 8. The number of nitrogen functional groups attached to an aromatic ring is 1. The van der Waals surface area contributed by atoms with Crippen molar-refractivity contribution < 1.29 is 21.8 Å². The van der Waals surface area contributed by atoms with Gasteiger partial charge in [-0.15, -0.1) is 0 Å². The summed E-state index contributed by atoms with van der Waals surface area (Å²) in [6, 6.07) is 0.853. The van der Waals surface area contributed by atoms with E-state index in [1.54, 1.807) is 0 Å².